The molecule has 1 aliphatic heterocycles. The summed E-state index contributed by atoms with van der Waals surface area (Å²) in [6.07, 6.45) is 2.41. The lowest BCUT2D eigenvalue weighted by Gasteiger charge is -2.11. The lowest BCUT2D eigenvalue weighted by Crippen LogP contribution is -2.38. The van der Waals surface area contributed by atoms with Crippen molar-refractivity contribution in [3.8, 4) is 11.5 Å². The van der Waals surface area contributed by atoms with Crippen LogP contribution in [0.5, 0.6) is 11.5 Å². The molecule has 23 heavy (non-hydrogen) atoms. The molecule has 0 amide bonds. The molecule has 2 N–H and O–H groups in total. The van der Waals surface area contributed by atoms with Crippen LogP contribution in [0.3, 0.4) is 0 Å². The summed E-state index contributed by atoms with van der Waals surface area (Å²) in [5, 5.41) is 10.4. The molecular formula is C16H20N4O3. The molecule has 0 saturated heterocycles. The van der Waals surface area contributed by atoms with Gasteiger partial charge in [0.2, 0.25) is 6.79 Å². The fraction of sp³-hybridized carbons (Fsp3) is 0.375. The van der Waals surface area contributed by atoms with E-state index in [1.165, 1.54) is 5.56 Å². The summed E-state index contributed by atoms with van der Waals surface area (Å²) in [5.74, 6) is 2.38. The molecule has 7 nitrogen and oxygen atoms in total. The number of benzene rings is 1. The van der Waals surface area contributed by atoms with E-state index in [2.05, 4.69) is 26.8 Å². The van der Waals surface area contributed by atoms with Crippen LogP contribution in [0.2, 0.25) is 0 Å². The van der Waals surface area contributed by atoms with Gasteiger partial charge in [0.15, 0.2) is 17.5 Å². The number of aromatic nitrogens is 1. The van der Waals surface area contributed by atoms with Crippen molar-refractivity contribution in [2.75, 3.05) is 19.9 Å². The molecule has 0 saturated carbocycles. The molecule has 0 radical (unpaired) electrons. The Labute approximate surface area is 134 Å². The highest BCUT2D eigenvalue weighted by molar-refractivity contribution is 5.79. The van der Waals surface area contributed by atoms with Gasteiger partial charge >= 0.3 is 0 Å². The lowest BCUT2D eigenvalue weighted by molar-refractivity contribution is 0.174. The third-order valence-corrected chi connectivity index (χ3v) is 3.38. The van der Waals surface area contributed by atoms with Gasteiger partial charge in [0.1, 0.15) is 12.0 Å². The Morgan fingerprint density at radius 1 is 1.22 bits per heavy atom. The van der Waals surface area contributed by atoms with Crippen molar-refractivity contribution in [3.63, 3.8) is 0 Å². The third kappa shape index (κ3) is 4.15. The molecule has 7 heteroatoms. The van der Waals surface area contributed by atoms with Crippen molar-refractivity contribution in [2.45, 2.75) is 19.9 Å². The Kier molecular flexibility index (Phi) is 4.98. The molecular weight excluding hydrogens is 296 g/mol. The van der Waals surface area contributed by atoms with Gasteiger partial charge < -0.3 is 24.6 Å². The molecule has 2 aromatic rings. The van der Waals surface area contributed by atoms with Crippen LogP contribution in [0.25, 0.3) is 0 Å². The average molecular weight is 316 g/mol. The summed E-state index contributed by atoms with van der Waals surface area (Å²) in [6.45, 7) is 4.39. The van der Waals surface area contributed by atoms with E-state index in [0.717, 1.165) is 42.7 Å². The molecule has 0 aliphatic carbocycles. The fourth-order valence-electron chi connectivity index (χ4n) is 2.24. The van der Waals surface area contributed by atoms with Crippen LogP contribution in [0.1, 0.15) is 18.2 Å². The van der Waals surface area contributed by atoms with Gasteiger partial charge in [-0.2, -0.15) is 0 Å². The summed E-state index contributed by atoms with van der Waals surface area (Å²) in [6, 6.07) is 7.82. The monoisotopic (exact) mass is 316 g/mol. The minimum Gasteiger partial charge on any atom is -0.454 e. The largest absolute Gasteiger partial charge is 0.454 e. The summed E-state index contributed by atoms with van der Waals surface area (Å²) in [5.41, 5.74) is 1.99. The van der Waals surface area contributed by atoms with E-state index >= 15 is 0 Å². The zero-order valence-electron chi connectivity index (χ0n) is 13.0. The smallest absolute Gasteiger partial charge is 0.231 e. The van der Waals surface area contributed by atoms with Gasteiger partial charge in [-0.15, -0.1) is 0 Å². The first kappa shape index (κ1) is 15.2. The van der Waals surface area contributed by atoms with Crippen LogP contribution in [-0.4, -0.2) is 31.0 Å². The number of nitrogens with one attached hydrogen (secondary N) is 2. The fourth-order valence-corrected chi connectivity index (χ4v) is 2.24. The van der Waals surface area contributed by atoms with Gasteiger partial charge in [-0.1, -0.05) is 11.2 Å². The average Bonchev–Trinajstić information content (AvgIpc) is 3.23. The quantitative estimate of drug-likeness (QED) is 0.624. The van der Waals surface area contributed by atoms with Crippen LogP contribution in [0.15, 0.2) is 40.0 Å². The number of rotatable bonds is 6. The highest BCUT2D eigenvalue weighted by Crippen LogP contribution is 2.32. The number of aliphatic imine (C=N–C) groups is 1. The number of hydrogen-bond donors (Lipinski definition) is 2. The molecule has 3 rings (SSSR count). The Hall–Kier alpha value is -2.70. The number of fused-ring (bicyclic) bond motifs is 1. The maximum atomic E-state index is 5.39. The molecule has 0 fully saturated rings. The van der Waals surface area contributed by atoms with E-state index in [1.807, 2.05) is 19.1 Å². The SMILES string of the molecule is CCNC(=NCc1ccon1)NCCc1ccc2c(c1)OCO2. The Morgan fingerprint density at radius 2 is 2.13 bits per heavy atom. The zero-order valence-corrected chi connectivity index (χ0v) is 13.0. The minimum absolute atomic E-state index is 0.302. The van der Waals surface area contributed by atoms with Crippen LogP contribution in [0, 0.1) is 0 Å². The van der Waals surface area contributed by atoms with Gasteiger partial charge in [0, 0.05) is 19.2 Å². The standard InChI is InChI=1S/C16H20N4O3/c1-2-17-16(19-10-13-6-8-23-20-13)18-7-5-12-3-4-14-15(9-12)22-11-21-14/h3-4,6,8-9H,2,5,7,10-11H2,1H3,(H2,17,18,19). The topological polar surface area (TPSA) is 80.9 Å². The number of guanidine groups is 1. The predicted molar refractivity (Wildman–Crippen MR) is 85.6 cm³/mol. The van der Waals surface area contributed by atoms with Crippen molar-refractivity contribution >= 4 is 5.96 Å². The maximum Gasteiger partial charge on any atom is 0.231 e. The normalized spacial score (nSPS) is 13.2. The molecule has 1 aromatic heterocycles. The van der Waals surface area contributed by atoms with E-state index < -0.39 is 0 Å². The van der Waals surface area contributed by atoms with Crippen molar-refractivity contribution in [1.29, 1.82) is 0 Å². The van der Waals surface area contributed by atoms with Crippen LogP contribution >= 0.6 is 0 Å². The van der Waals surface area contributed by atoms with Gasteiger partial charge in [0.25, 0.3) is 0 Å². The zero-order chi connectivity index (χ0) is 15.9. The Morgan fingerprint density at radius 3 is 2.96 bits per heavy atom. The van der Waals surface area contributed by atoms with Gasteiger partial charge in [0.05, 0.1) is 6.54 Å². The van der Waals surface area contributed by atoms with Crippen molar-refractivity contribution in [3.05, 3.63) is 41.8 Å². The van der Waals surface area contributed by atoms with Crippen LogP contribution < -0.4 is 20.1 Å². The molecule has 0 bridgehead atoms. The molecule has 122 valence electrons. The van der Waals surface area contributed by atoms with E-state index in [-0.39, 0.29) is 0 Å². The third-order valence-electron chi connectivity index (χ3n) is 3.38. The number of nitrogens with zero attached hydrogens (tertiary/aromatic N) is 2. The second-order valence-electron chi connectivity index (χ2n) is 5.05. The van der Waals surface area contributed by atoms with Crippen molar-refractivity contribution in [1.82, 2.24) is 15.8 Å². The molecule has 2 heterocycles. The molecule has 0 atom stereocenters. The molecule has 1 aliphatic rings. The van der Waals surface area contributed by atoms with Gasteiger partial charge in [-0.05, 0) is 31.0 Å². The first-order valence-corrected chi connectivity index (χ1v) is 7.65. The molecule has 1 aromatic carbocycles. The second-order valence-corrected chi connectivity index (χ2v) is 5.05. The second kappa shape index (κ2) is 7.53. The van der Waals surface area contributed by atoms with Crippen molar-refractivity contribution in [2.24, 2.45) is 4.99 Å². The predicted octanol–water partition coefficient (Wildman–Crippen LogP) is 1.70. The summed E-state index contributed by atoms with van der Waals surface area (Å²) >= 11 is 0. The highest BCUT2D eigenvalue weighted by atomic mass is 16.7. The first-order valence-electron chi connectivity index (χ1n) is 7.65. The van der Waals surface area contributed by atoms with E-state index in [0.29, 0.717) is 13.3 Å². The number of hydrogen-bond acceptors (Lipinski definition) is 5. The summed E-state index contributed by atoms with van der Waals surface area (Å²) in [7, 11) is 0. The molecule has 0 spiro atoms. The van der Waals surface area contributed by atoms with E-state index in [1.54, 1.807) is 12.3 Å². The van der Waals surface area contributed by atoms with E-state index in [9.17, 15) is 0 Å². The van der Waals surface area contributed by atoms with Gasteiger partial charge in [-0.3, -0.25) is 0 Å². The Bertz CT molecular complexity index is 655. The maximum absolute atomic E-state index is 5.39. The van der Waals surface area contributed by atoms with Crippen LogP contribution in [-0.2, 0) is 13.0 Å². The molecule has 0 unspecified atom stereocenters. The van der Waals surface area contributed by atoms with E-state index in [4.69, 9.17) is 14.0 Å². The van der Waals surface area contributed by atoms with Crippen molar-refractivity contribution < 1.29 is 14.0 Å². The number of ether oxygens (including phenoxy) is 2. The summed E-state index contributed by atoms with van der Waals surface area (Å²) in [4.78, 5) is 4.47. The Balaban J connectivity index is 1.51. The minimum atomic E-state index is 0.302. The van der Waals surface area contributed by atoms with Crippen LogP contribution in [0.4, 0.5) is 0 Å². The van der Waals surface area contributed by atoms with Gasteiger partial charge in [-0.25, -0.2) is 4.99 Å². The first-order chi connectivity index (χ1) is 11.3. The summed E-state index contributed by atoms with van der Waals surface area (Å²) < 4.78 is 15.5. The lowest BCUT2D eigenvalue weighted by atomic mass is 10.1. The highest BCUT2D eigenvalue weighted by Gasteiger charge is 2.12.